The SMILES string of the molecule is Cn1nnnc1Sc1ccc([N+](=O)[O-])cc1C(=O)OCC(=O)N1C[C@@]2(C)C[C@@H]1CC(C)(C)C2. The summed E-state index contributed by atoms with van der Waals surface area (Å²) >= 11 is 1.08. The van der Waals surface area contributed by atoms with E-state index in [1.165, 1.54) is 16.8 Å². The average molecular weight is 475 g/mol. The van der Waals surface area contributed by atoms with E-state index in [4.69, 9.17) is 4.74 Å². The monoisotopic (exact) mass is 474 g/mol. The molecule has 2 atom stereocenters. The summed E-state index contributed by atoms with van der Waals surface area (Å²) in [4.78, 5) is 38.7. The molecule has 11 nitrogen and oxygen atoms in total. The van der Waals surface area contributed by atoms with Gasteiger partial charge in [-0.1, -0.05) is 20.8 Å². The van der Waals surface area contributed by atoms with Crippen molar-refractivity contribution in [3.05, 3.63) is 33.9 Å². The largest absolute Gasteiger partial charge is 0.452 e. The van der Waals surface area contributed by atoms with E-state index >= 15 is 0 Å². The van der Waals surface area contributed by atoms with E-state index in [0.717, 1.165) is 37.1 Å². The number of tetrazole rings is 1. The summed E-state index contributed by atoms with van der Waals surface area (Å²) in [5.41, 5.74) is -0.0387. The van der Waals surface area contributed by atoms with Crippen LogP contribution in [0, 0.1) is 20.9 Å². The lowest BCUT2D eigenvalue weighted by Crippen LogP contribution is -2.39. The van der Waals surface area contributed by atoms with Gasteiger partial charge in [-0.2, -0.15) is 0 Å². The Morgan fingerprint density at radius 1 is 1.30 bits per heavy atom. The van der Waals surface area contributed by atoms with Gasteiger partial charge < -0.3 is 9.64 Å². The molecule has 2 aromatic rings. The number of nitrogens with zero attached hydrogens (tertiary/aromatic N) is 6. The molecule has 12 heteroatoms. The van der Waals surface area contributed by atoms with E-state index in [0.29, 0.717) is 16.6 Å². The van der Waals surface area contributed by atoms with Crippen molar-refractivity contribution in [3.63, 3.8) is 0 Å². The number of benzene rings is 1. The zero-order chi connectivity index (χ0) is 24.0. The standard InChI is InChI=1S/C21H26N6O5S/c1-20(2)8-14-9-21(3,11-20)12-26(14)17(28)10-32-18(29)15-7-13(27(30)31)5-6-16(15)33-19-22-23-24-25(19)4/h5-7,14H,8-12H2,1-4H3/t14-,21-/m0/s1. The number of carbonyl (C=O) groups is 2. The maximum Gasteiger partial charge on any atom is 0.340 e. The van der Waals surface area contributed by atoms with Gasteiger partial charge >= 0.3 is 5.97 Å². The fourth-order valence-corrected chi connectivity index (χ4v) is 6.16. The van der Waals surface area contributed by atoms with E-state index in [2.05, 4.69) is 36.3 Å². The number of aromatic nitrogens is 4. The molecule has 2 bridgehead atoms. The Bertz CT molecular complexity index is 1120. The van der Waals surface area contributed by atoms with Gasteiger partial charge in [-0.05, 0) is 58.3 Å². The number of hydrogen-bond acceptors (Lipinski definition) is 9. The van der Waals surface area contributed by atoms with Crippen LogP contribution >= 0.6 is 11.8 Å². The number of rotatable bonds is 6. The Kier molecular flexibility index (Phi) is 5.89. The molecule has 176 valence electrons. The summed E-state index contributed by atoms with van der Waals surface area (Å²) in [7, 11) is 1.64. The summed E-state index contributed by atoms with van der Waals surface area (Å²) in [6.07, 6.45) is 2.92. The van der Waals surface area contributed by atoms with E-state index in [9.17, 15) is 19.7 Å². The first kappa shape index (κ1) is 23.1. The van der Waals surface area contributed by atoms with Gasteiger partial charge in [0.05, 0.1) is 10.5 Å². The number of carbonyl (C=O) groups excluding carboxylic acids is 2. The molecule has 2 heterocycles. The van der Waals surface area contributed by atoms with Crippen LogP contribution in [-0.4, -0.2) is 61.1 Å². The molecule has 1 aliphatic carbocycles. The highest BCUT2D eigenvalue weighted by Crippen LogP contribution is 2.52. The van der Waals surface area contributed by atoms with Crippen LogP contribution in [0.15, 0.2) is 28.3 Å². The minimum atomic E-state index is -0.807. The van der Waals surface area contributed by atoms with Crippen LogP contribution < -0.4 is 0 Å². The summed E-state index contributed by atoms with van der Waals surface area (Å²) in [5.74, 6) is -1.05. The molecule has 1 saturated heterocycles. The molecule has 1 aromatic heterocycles. The lowest BCUT2D eigenvalue weighted by atomic mass is 9.65. The van der Waals surface area contributed by atoms with E-state index < -0.39 is 17.5 Å². The molecule has 1 aliphatic heterocycles. The van der Waals surface area contributed by atoms with Crippen molar-refractivity contribution in [1.82, 2.24) is 25.1 Å². The van der Waals surface area contributed by atoms with Crippen LogP contribution in [-0.2, 0) is 16.6 Å². The fourth-order valence-electron chi connectivity index (χ4n) is 5.33. The molecule has 1 saturated carbocycles. The molecule has 2 aliphatic rings. The molecular formula is C21H26N6O5S. The summed E-state index contributed by atoms with van der Waals surface area (Å²) in [6, 6.07) is 4.02. The van der Waals surface area contributed by atoms with E-state index in [1.54, 1.807) is 7.05 Å². The zero-order valence-corrected chi connectivity index (χ0v) is 19.8. The fraction of sp³-hybridized carbons (Fsp3) is 0.571. The lowest BCUT2D eigenvalue weighted by molar-refractivity contribution is -0.384. The van der Waals surface area contributed by atoms with E-state index in [1.807, 2.05) is 4.90 Å². The predicted octanol–water partition coefficient (Wildman–Crippen LogP) is 2.85. The molecule has 4 rings (SSSR count). The lowest BCUT2D eigenvalue weighted by Gasteiger charge is -2.39. The van der Waals surface area contributed by atoms with Crippen LogP contribution in [0.3, 0.4) is 0 Å². The number of fused-ring (bicyclic) bond motifs is 2. The number of esters is 1. The van der Waals surface area contributed by atoms with Crippen molar-refractivity contribution in [2.75, 3.05) is 13.2 Å². The summed E-state index contributed by atoms with van der Waals surface area (Å²) in [6.45, 7) is 6.88. The first-order valence-electron chi connectivity index (χ1n) is 10.6. The third kappa shape index (κ3) is 4.85. The topological polar surface area (TPSA) is 133 Å². The van der Waals surface area contributed by atoms with Crippen LogP contribution in [0.1, 0.15) is 50.4 Å². The van der Waals surface area contributed by atoms with Crippen molar-refractivity contribution in [1.29, 1.82) is 0 Å². The molecule has 1 amide bonds. The number of aryl methyl sites for hydroxylation is 1. The molecule has 33 heavy (non-hydrogen) atoms. The van der Waals surface area contributed by atoms with Gasteiger partial charge in [0, 0.05) is 36.7 Å². The average Bonchev–Trinajstić information content (AvgIpc) is 3.24. The Labute approximate surface area is 195 Å². The van der Waals surface area contributed by atoms with Gasteiger partial charge in [0.1, 0.15) is 0 Å². The molecule has 0 N–H and O–H groups in total. The Morgan fingerprint density at radius 2 is 2.06 bits per heavy atom. The predicted molar refractivity (Wildman–Crippen MR) is 118 cm³/mol. The van der Waals surface area contributed by atoms with Crippen LogP contribution in [0.4, 0.5) is 5.69 Å². The summed E-state index contributed by atoms with van der Waals surface area (Å²) in [5, 5.41) is 22.8. The number of amides is 1. The van der Waals surface area contributed by atoms with Crippen LogP contribution in [0.5, 0.6) is 0 Å². The first-order valence-corrected chi connectivity index (χ1v) is 11.4. The van der Waals surface area contributed by atoms with Gasteiger partial charge in [-0.25, -0.2) is 9.48 Å². The normalized spacial score (nSPS) is 23.4. The smallest absolute Gasteiger partial charge is 0.340 e. The van der Waals surface area contributed by atoms with Crippen molar-refractivity contribution in [2.45, 2.75) is 56.1 Å². The van der Waals surface area contributed by atoms with Gasteiger partial charge in [-0.3, -0.25) is 14.9 Å². The third-order valence-electron chi connectivity index (χ3n) is 6.24. The molecule has 0 unspecified atom stereocenters. The quantitative estimate of drug-likeness (QED) is 0.352. The second-order valence-corrected chi connectivity index (χ2v) is 10.9. The highest BCUT2D eigenvalue weighted by molar-refractivity contribution is 7.99. The minimum Gasteiger partial charge on any atom is -0.452 e. The van der Waals surface area contributed by atoms with Crippen molar-refractivity contribution >= 4 is 29.3 Å². The van der Waals surface area contributed by atoms with Gasteiger partial charge in [-0.15, -0.1) is 5.10 Å². The number of ether oxygens (including phenoxy) is 1. The number of nitro benzene ring substituents is 1. The third-order valence-corrected chi connectivity index (χ3v) is 7.34. The Hall–Kier alpha value is -3.02. The van der Waals surface area contributed by atoms with Crippen molar-refractivity contribution in [2.24, 2.45) is 17.9 Å². The molecule has 2 fully saturated rings. The summed E-state index contributed by atoms with van der Waals surface area (Å²) < 4.78 is 6.75. The maximum absolute atomic E-state index is 12.9. The second kappa shape index (κ2) is 8.40. The van der Waals surface area contributed by atoms with Gasteiger partial charge in [0.15, 0.2) is 6.61 Å². The van der Waals surface area contributed by atoms with Crippen LogP contribution in [0.2, 0.25) is 0 Å². The zero-order valence-electron chi connectivity index (χ0n) is 19.0. The number of hydrogen-bond donors (Lipinski definition) is 0. The molecule has 1 aromatic carbocycles. The first-order chi connectivity index (χ1) is 15.5. The van der Waals surface area contributed by atoms with Crippen molar-refractivity contribution < 1.29 is 19.2 Å². The molecular weight excluding hydrogens is 448 g/mol. The number of likely N-dealkylation sites (tertiary alicyclic amines) is 1. The Morgan fingerprint density at radius 3 is 2.73 bits per heavy atom. The number of non-ortho nitro benzene ring substituents is 1. The molecule has 0 radical (unpaired) electrons. The minimum absolute atomic E-state index is 0.0155. The maximum atomic E-state index is 12.9. The Balaban J connectivity index is 1.49. The van der Waals surface area contributed by atoms with Gasteiger partial charge in [0.2, 0.25) is 5.16 Å². The number of nitro groups is 1. The highest BCUT2D eigenvalue weighted by atomic mass is 32.2. The van der Waals surface area contributed by atoms with Crippen LogP contribution in [0.25, 0.3) is 0 Å². The second-order valence-electron chi connectivity index (χ2n) is 9.94. The highest BCUT2D eigenvalue weighted by Gasteiger charge is 2.51. The van der Waals surface area contributed by atoms with Crippen molar-refractivity contribution in [3.8, 4) is 0 Å². The van der Waals surface area contributed by atoms with Gasteiger partial charge in [0.25, 0.3) is 11.6 Å². The van der Waals surface area contributed by atoms with E-state index in [-0.39, 0.29) is 34.0 Å². The molecule has 0 spiro atoms.